The Morgan fingerprint density at radius 1 is 1.25 bits per heavy atom. The number of nitrogens with zero attached hydrogens (tertiary/aromatic N) is 2. The minimum Gasteiger partial charge on any atom is -0.411 e. The number of thiol groups is 1. The molecule has 5 nitrogen and oxygen atoms in total. The molecule has 0 spiro atoms. The topological polar surface area (TPSA) is 68.0 Å². The molecule has 0 unspecified atom stereocenters. The van der Waals surface area contributed by atoms with E-state index >= 15 is 0 Å². The lowest BCUT2D eigenvalue weighted by molar-refractivity contribution is 0.102. The largest absolute Gasteiger partial charge is 0.411 e. The highest BCUT2D eigenvalue weighted by Gasteiger charge is 2.14. The molecule has 0 saturated heterocycles. The zero-order valence-corrected chi connectivity index (χ0v) is 13.7. The Kier molecular flexibility index (Phi) is 4.61. The highest BCUT2D eigenvalue weighted by molar-refractivity contribution is 7.80. The van der Waals surface area contributed by atoms with Crippen LogP contribution in [0.2, 0.25) is 0 Å². The van der Waals surface area contributed by atoms with Gasteiger partial charge < -0.3 is 9.73 Å². The fourth-order valence-electron chi connectivity index (χ4n) is 2.34. The summed E-state index contributed by atoms with van der Waals surface area (Å²) < 4.78 is 19.0. The van der Waals surface area contributed by atoms with E-state index in [1.54, 1.807) is 24.3 Å². The lowest BCUT2D eigenvalue weighted by Gasteiger charge is -2.10. The number of hydrogen-bond acceptors (Lipinski definition) is 5. The molecule has 0 radical (unpaired) electrons. The zero-order chi connectivity index (χ0) is 17.1. The predicted molar refractivity (Wildman–Crippen MR) is 90.7 cm³/mol. The quantitative estimate of drug-likeness (QED) is 0.703. The van der Waals surface area contributed by atoms with Gasteiger partial charge in [-0.05, 0) is 42.3 Å². The predicted octanol–water partition coefficient (Wildman–Crippen LogP) is 3.98. The number of benzene rings is 2. The maximum Gasteiger partial charge on any atom is 0.273 e. The molecule has 1 N–H and O–H groups in total. The van der Waals surface area contributed by atoms with Crippen molar-refractivity contribution in [1.82, 2.24) is 10.2 Å². The van der Waals surface area contributed by atoms with Gasteiger partial charge in [0.25, 0.3) is 11.1 Å². The summed E-state index contributed by atoms with van der Waals surface area (Å²) >= 11 is 4.00. The van der Waals surface area contributed by atoms with E-state index in [0.29, 0.717) is 18.0 Å². The van der Waals surface area contributed by atoms with Gasteiger partial charge in [-0.3, -0.25) is 4.79 Å². The molecule has 2 aromatic carbocycles. The van der Waals surface area contributed by atoms with Crippen molar-refractivity contribution in [2.75, 3.05) is 5.32 Å². The number of aromatic nitrogens is 2. The Morgan fingerprint density at radius 2 is 2.04 bits per heavy atom. The van der Waals surface area contributed by atoms with Crippen LogP contribution in [0, 0.1) is 5.82 Å². The molecule has 0 aliphatic rings. The first-order valence-electron chi connectivity index (χ1n) is 7.30. The van der Waals surface area contributed by atoms with Crippen molar-refractivity contribution in [3.05, 3.63) is 59.4 Å². The lowest BCUT2D eigenvalue weighted by atomic mass is 10.0. The number of halogens is 1. The highest BCUT2D eigenvalue weighted by atomic mass is 32.1. The molecule has 3 aromatic rings. The van der Waals surface area contributed by atoms with Crippen molar-refractivity contribution in [1.29, 1.82) is 0 Å². The minimum absolute atomic E-state index is 0.00348. The second-order valence-corrected chi connectivity index (χ2v) is 5.43. The Labute approximate surface area is 143 Å². The third-order valence-electron chi connectivity index (χ3n) is 3.51. The average Bonchev–Trinajstić information content (AvgIpc) is 3.01. The van der Waals surface area contributed by atoms with Crippen LogP contribution in [0.15, 0.2) is 52.1 Å². The van der Waals surface area contributed by atoms with Gasteiger partial charge in [0.2, 0.25) is 5.89 Å². The summed E-state index contributed by atoms with van der Waals surface area (Å²) in [6.07, 6.45) is 0.697. The van der Waals surface area contributed by atoms with Crippen LogP contribution in [-0.4, -0.2) is 16.1 Å². The first-order chi connectivity index (χ1) is 11.6. The monoisotopic (exact) mass is 343 g/mol. The molecule has 0 saturated carbocycles. The van der Waals surface area contributed by atoms with Gasteiger partial charge in [0.1, 0.15) is 5.82 Å². The highest BCUT2D eigenvalue weighted by Crippen LogP contribution is 2.27. The second-order valence-electron chi connectivity index (χ2n) is 5.05. The van der Waals surface area contributed by atoms with Crippen LogP contribution in [0.3, 0.4) is 0 Å². The molecule has 0 bridgehead atoms. The van der Waals surface area contributed by atoms with Gasteiger partial charge in [-0.2, -0.15) is 0 Å². The number of aryl methyl sites for hydroxylation is 1. The zero-order valence-electron chi connectivity index (χ0n) is 12.8. The normalized spacial score (nSPS) is 10.6. The van der Waals surface area contributed by atoms with Crippen LogP contribution >= 0.6 is 12.6 Å². The maximum absolute atomic E-state index is 13.7. The fraction of sp³-hybridized carbons (Fsp3) is 0.118. The van der Waals surface area contributed by atoms with Crippen molar-refractivity contribution in [3.63, 3.8) is 0 Å². The summed E-state index contributed by atoms with van der Waals surface area (Å²) in [5, 5.41) is 10.5. The summed E-state index contributed by atoms with van der Waals surface area (Å²) in [6.45, 7) is 1.97. The Bertz CT molecular complexity index is 895. The van der Waals surface area contributed by atoms with Crippen molar-refractivity contribution in [2.24, 2.45) is 0 Å². The number of rotatable bonds is 4. The third-order valence-corrected chi connectivity index (χ3v) is 3.69. The van der Waals surface area contributed by atoms with E-state index in [-0.39, 0.29) is 10.8 Å². The molecule has 7 heteroatoms. The fourth-order valence-corrected chi connectivity index (χ4v) is 2.47. The van der Waals surface area contributed by atoms with Gasteiger partial charge in [0, 0.05) is 11.3 Å². The Hall–Kier alpha value is -2.67. The standard InChI is InChI=1S/C17H14FN3O2S/c1-2-10-9-11(7-8-12(10)16-20-21-17(24)23-16)19-15(22)13-5-3-4-6-14(13)18/h3-9H,2H2,1H3,(H,19,22)(H,21,24). The molecule has 3 rings (SSSR count). The van der Waals surface area contributed by atoms with Gasteiger partial charge in [-0.15, -0.1) is 10.2 Å². The molecule has 0 atom stereocenters. The number of anilines is 1. The van der Waals surface area contributed by atoms with E-state index in [9.17, 15) is 9.18 Å². The molecule has 1 aromatic heterocycles. The van der Waals surface area contributed by atoms with E-state index in [4.69, 9.17) is 4.42 Å². The average molecular weight is 343 g/mol. The lowest BCUT2D eigenvalue weighted by Crippen LogP contribution is -2.13. The van der Waals surface area contributed by atoms with Crippen molar-refractivity contribution in [2.45, 2.75) is 18.6 Å². The first kappa shape index (κ1) is 16.2. The van der Waals surface area contributed by atoms with Gasteiger partial charge in [0.15, 0.2) is 0 Å². The van der Waals surface area contributed by atoms with Crippen LogP contribution in [-0.2, 0) is 6.42 Å². The number of carbonyl (C=O) groups excluding carboxylic acids is 1. The van der Waals surface area contributed by atoms with Crippen LogP contribution in [0.25, 0.3) is 11.5 Å². The van der Waals surface area contributed by atoms with Crippen molar-refractivity contribution >= 4 is 24.2 Å². The van der Waals surface area contributed by atoms with Crippen molar-refractivity contribution < 1.29 is 13.6 Å². The van der Waals surface area contributed by atoms with Gasteiger partial charge in [0.05, 0.1) is 5.56 Å². The van der Waals surface area contributed by atoms with Gasteiger partial charge in [-0.25, -0.2) is 4.39 Å². The Balaban J connectivity index is 1.87. The molecule has 122 valence electrons. The van der Waals surface area contributed by atoms with Crippen LogP contribution in [0.1, 0.15) is 22.8 Å². The summed E-state index contributed by atoms with van der Waals surface area (Å²) in [4.78, 5) is 12.2. The summed E-state index contributed by atoms with van der Waals surface area (Å²) in [6, 6.07) is 11.1. The smallest absolute Gasteiger partial charge is 0.273 e. The molecule has 1 heterocycles. The number of amides is 1. The van der Waals surface area contributed by atoms with Gasteiger partial charge >= 0.3 is 0 Å². The summed E-state index contributed by atoms with van der Waals surface area (Å²) in [7, 11) is 0. The molecule has 24 heavy (non-hydrogen) atoms. The summed E-state index contributed by atoms with van der Waals surface area (Å²) in [5.41, 5.74) is 2.25. The maximum atomic E-state index is 13.7. The van der Waals surface area contributed by atoms with Crippen molar-refractivity contribution in [3.8, 4) is 11.5 Å². The van der Waals surface area contributed by atoms with E-state index < -0.39 is 11.7 Å². The van der Waals surface area contributed by atoms with Crippen LogP contribution in [0.4, 0.5) is 10.1 Å². The number of nitrogens with one attached hydrogen (secondary N) is 1. The number of hydrogen-bond donors (Lipinski definition) is 2. The molecular formula is C17H14FN3O2S. The molecule has 0 aliphatic carbocycles. The second kappa shape index (κ2) is 6.84. The van der Waals surface area contributed by atoms with E-state index in [1.807, 2.05) is 6.92 Å². The Morgan fingerprint density at radius 3 is 2.71 bits per heavy atom. The van der Waals surface area contributed by atoms with E-state index in [0.717, 1.165) is 11.1 Å². The SMILES string of the molecule is CCc1cc(NC(=O)c2ccccc2F)ccc1-c1nnc(S)o1. The van der Waals surface area contributed by atoms with Crippen LogP contribution in [0.5, 0.6) is 0 Å². The molecule has 1 amide bonds. The van der Waals surface area contributed by atoms with Gasteiger partial charge in [-0.1, -0.05) is 31.7 Å². The van der Waals surface area contributed by atoms with E-state index in [1.165, 1.54) is 18.2 Å². The third kappa shape index (κ3) is 3.30. The van der Waals surface area contributed by atoms with Crippen LogP contribution < -0.4 is 5.32 Å². The first-order valence-corrected chi connectivity index (χ1v) is 7.75. The minimum atomic E-state index is -0.561. The molecule has 0 fully saturated rings. The van der Waals surface area contributed by atoms with E-state index in [2.05, 4.69) is 28.1 Å². The molecular weight excluding hydrogens is 329 g/mol. The summed E-state index contributed by atoms with van der Waals surface area (Å²) in [5.74, 6) is -0.698. The molecule has 0 aliphatic heterocycles. The number of carbonyl (C=O) groups is 1.